The van der Waals surface area contributed by atoms with Crippen molar-refractivity contribution in [1.82, 2.24) is 19.6 Å². The van der Waals surface area contributed by atoms with Gasteiger partial charge in [0.25, 0.3) is 5.91 Å². The standard InChI is InChI=1S/C21H32N4O2/c1-23-18-14-21(8-12-24(13-9-21)16-6-2-3-7-16)27-15-17(18)19(22-23)20(26)25-10-4-5-11-25/h16H,2-15H2,1H3. The Balaban J connectivity index is 1.31. The monoisotopic (exact) mass is 372 g/mol. The Morgan fingerprint density at radius 1 is 1.07 bits per heavy atom. The van der Waals surface area contributed by atoms with E-state index < -0.39 is 0 Å². The van der Waals surface area contributed by atoms with E-state index in [1.807, 2.05) is 16.6 Å². The fourth-order valence-electron chi connectivity index (χ4n) is 5.69. The number of rotatable bonds is 2. The summed E-state index contributed by atoms with van der Waals surface area (Å²) in [6.07, 6.45) is 10.9. The van der Waals surface area contributed by atoms with Crippen molar-refractivity contribution in [3.8, 4) is 0 Å². The minimum atomic E-state index is -0.0517. The van der Waals surface area contributed by atoms with E-state index in [9.17, 15) is 4.79 Å². The van der Waals surface area contributed by atoms with Gasteiger partial charge in [-0.2, -0.15) is 5.10 Å². The van der Waals surface area contributed by atoms with Crippen molar-refractivity contribution in [2.45, 2.75) is 76.0 Å². The van der Waals surface area contributed by atoms with Crippen molar-refractivity contribution in [1.29, 1.82) is 0 Å². The number of hydrogen-bond donors (Lipinski definition) is 0. The lowest BCUT2D eigenvalue weighted by atomic mass is 9.83. The van der Waals surface area contributed by atoms with Gasteiger partial charge in [-0.25, -0.2) is 0 Å². The molecular weight excluding hydrogens is 340 g/mol. The highest BCUT2D eigenvalue weighted by Crippen LogP contribution is 2.39. The van der Waals surface area contributed by atoms with Gasteiger partial charge in [0.15, 0.2) is 5.69 Å². The Morgan fingerprint density at radius 2 is 1.78 bits per heavy atom. The van der Waals surface area contributed by atoms with Crippen molar-refractivity contribution in [3.63, 3.8) is 0 Å². The van der Waals surface area contributed by atoms with Crippen LogP contribution < -0.4 is 0 Å². The maximum Gasteiger partial charge on any atom is 0.274 e. The lowest BCUT2D eigenvalue weighted by molar-refractivity contribution is -0.107. The molecule has 2 saturated heterocycles. The minimum absolute atomic E-state index is 0.0517. The maximum atomic E-state index is 12.9. The molecule has 148 valence electrons. The summed E-state index contributed by atoms with van der Waals surface area (Å²) in [6, 6.07) is 0.808. The number of aryl methyl sites for hydroxylation is 1. The van der Waals surface area contributed by atoms with Gasteiger partial charge >= 0.3 is 0 Å². The molecule has 6 nitrogen and oxygen atoms in total. The summed E-state index contributed by atoms with van der Waals surface area (Å²) in [5.41, 5.74) is 2.84. The van der Waals surface area contributed by atoms with Crippen LogP contribution in [0.5, 0.6) is 0 Å². The van der Waals surface area contributed by atoms with Gasteiger partial charge in [0.2, 0.25) is 0 Å². The molecule has 1 aromatic heterocycles. The largest absolute Gasteiger partial charge is 0.370 e. The molecule has 4 heterocycles. The van der Waals surface area contributed by atoms with Crippen LogP contribution in [0.15, 0.2) is 0 Å². The highest BCUT2D eigenvalue weighted by atomic mass is 16.5. The number of carbonyl (C=O) groups is 1. The molecule has 1 spiro atoms. The number of nitrogens with zero attached hydrogens (tertiary/aromatic N) is 4. The molecule has 4 aliphatic rings. The third kappa shape index (κ3) is 3.11. The number of aromatic nitrogens is 2. The van der Waals surface area contributed by atoms with Gasteiger partial charge in [-0.3, -0.25) is 9.48 Å². The molecule has 6 heteroatoms. The summed E-state index contributed by atoms with van der Waals surface area (Å²) in [5, 5.41) is 4.63. The van der Waals surface area contributed by atoms with E-state index in [1.165, 1.54) is 31.4 Å². The van der Waals surface area contributed by atoms with E-state index in [-0.39, 0.29) is 11.5 Å². The zero-order chi connectivity index (χ0) is 18.4. The summed E-state index contributed by atoms with van der Waals surface area (Å²) in [7, 11) is 1.99. The molecule has 27 heavy (non-hydrogen) atoms. The summed E-state index contributed by atoms with van der Waals surface area (Å²) in [4.78, 5) is 17.5. The summed E-state index contributed by atoms with van der Waals surface area (Å²) in [5.74, 6) is 0.0972. The van der Waals surface area contributed by atoms with Crippen LogP contribution in [0.25, 0.3) is 0 Å². The van der Waals surface area contributed by atoms with E-state index in [2.05, 4.69) is 10.00 Å². The van der Waals surface area contributed by atoms with Crippen LogP contribution in [0.1, 0.15) is 73.1 Å². The van der Waals surface area contributed by atoms with Crippen LogP contribution in [-0.4, -0.2) is 63.3 Å². The number of amides is 1. The molecule has 0 atom stereocenters. The van der Waals surface area contributed by atoms with Crippen molar-refractivity contribution >= 4 is 5.91 Å². The summed E-state index contributed by atoms with van der Waals surface area (Å²) in [6.45, 7) is 4.58. The molecule has 1 aliphatic carbocycles. The molecule has 1 amide bonds. The second-order valence-electron chi connectivity index (χ2n) is 9.02. The average Bonchev–Trinajstić information content (AvgIpc) is 3.44. The maximum absolute atomic E-state index is 12.9. The topological polar surface area (TPSA) is 50.6 Å². The smallest absolute Gasteiger partial charge is 0.274 e. The quantitative estimate of drug-likeness (QED) is 0.800. The van der Waals surface area contributed by atoms with Gasteiger partial charge in [0.05, 0.1) is 12.2 Å². The second kappa shape index (κ2) is 6.89. The summed E-state index contributed by atoms with van der Waals surface area (Å²) >= 11 is 0. The van der Waals surface area contributed by atoms with E-state index in [4.69, 9.17) is 4.74 Å². The predicted molar refractivity (Wildman–Crippen MR) is 103 cm³/mol. The highest BCUT2D eigenvalue weighted by molar-refractivity contribution is 5.94. The van der Waals surface area contributed by atoms with Crippen molar-refractivity contribution in [3.05, 3.63) is 17.0 Å². The van der Waals surface area contributed by atoms with Gasteiger partial charge in [-0.1, -0.05) is 12.8 Å². The molecule has 0 radical (unpaired) electrons. The average molecular weight is 373 g/mol. The molecule has 0 aromatic carbocycles. The third-order valence-electron chi connectivity index (χ3n) is 7.43. The number of likely N-dealkylation sites (tertiary alicyclic amines) is 2. The Kier molecular flexibility index (Phi) is 4.51. The lowest BCUT2D eigenvalue weighted by Gasteiger charge is -2.45. The zero-order valence-electron chi connectivity index (χ0n) is 16.6. The zero-order valence-corrected chi connectivity index (χ0v) is 16.6. The molecule has 5 rings (SSSR count). The predicted octanol–water partition coefficient (Wildman–Crippen LogP) is 2.51. The Bertz CT molecular complexity index is 708. The SMILES string of the molecule is Cn1nc(C(=O)N2CCCC2)c2c1CC1(CCN(C3CCCC3)CC1)OC2. The first kappa shape index (κ1) is 17.7. The van der Waals surface area contributed by atoms with Gasteiger partial charge in [0, 0.05) is 56.9 Å². The number of fused-ring (bicyclic) bond motifs is 1. The second-order valence-corrected chi connectivity index (χ2v) is 9.02. The first-order valence-electron chi connectivity index (χ1n) is 10.9. The van der Waals surface area contributed by atoms with Gasteiger partial charge in [-0.05, 0) is 38.5 Å². The molecule has 0 bridgehead atoms. The number of piperidine rings is 1. The van der Waals surface area contributed by atoms with Crippen molar-refractivity contribution in [2.24, 2.45) is 7.05 Å². The van der Waals surface area contributed by atoms with Crippen molar-refractivity contribution < 1.29 is 9.53 Å². The number of hydrogen-bond acceptors (Lipinski definition) is 4. The first-order chi connectivity index (χ1) is 13.2. The fraction of sp³-hybridized carbons (Fsp3) is 0.810. The van der Waals surface area contributed by atoms with Gasteiger partial charge in [-0.15, -0.1) is 0 Å². The summed E-state index contributed by atoms with van der Waals surface area (Å²) < 4.78 is 8.41. The first-order valence-corrected chi connectivity index (χ1v) is 10.9. The molecule has 3 aliphatic heterocycles. The lowest BCUT2D eigenvalue weighted by Crippen LogP contribution is -2.51. The van der Waals surface area contributed by atoms with Gasteiger partial charge in [0.1, 0.15) is 0 Å². The van der Waals surface area contributed by atoms with Crippen LogP contribution in [0.4, 0.5) is 0 Å². The molecule has 1 saturated carbocycles. The molecule has 3 fully saturated rings. The minimum Gasteiger partial charge on any atom is -0.370 e. The molecule has 1 aromatic rings. The Morgan fingerprint density at radius 3 is 2.48 bits per heavy atom. The molecule has 0 unspecified atom stereocenters. The number of carbonyl (C=O) groups excluding carboxylic acids is 1. The van der Waals surface area contributed by atoms with Crippen LogP contribution in [0.2, 0.25) is 0 Å². The Hall–Kier alpha value is -1.40. The normalized spacial score (nSPS) is 26.0. The third-order valence-corrected chi connectivity index (χ3v) is 7.43. The van der Waals surface area contributed by atoms with E-state index in [0.29, 0.717) is 12.3 Å². The highest BCUT2D eigenvalue weighted by Gasteiger charge is 2.43. The number of ether oxygens (including phenoxy) is 1. The van der Waals surface area contributed by atoms with E-state index >= 15 is 0 Å². The van der Waals surface area contributed by atoms with Crippen LogP contribution in [0, 0.1) is 0 Å². The van der Waals surface area contributed by atoms with E-state index in [1.54, 1.807) is 0 Å². The van der Waals surface area contributed by atoms with Crippen LogP contribution in [-0.2, 0) is 24.8 Å². The Labute approximate surface area is 161 Å². The molecule has 0 N–H and O–H groups in total. The van der Waals surface area contributed by atoms with E-state index in [0.717, 1.165) is 69.9 Å². The van der Waals surface area contributed by atoms with Gasteiger partial charge < -0.3 is 14.5 Å². The fourth-order valence-corrected chi connectivity index (χ4v) is 5.69. The van der Waals surface area contributed by atoms with Crippen LogP contribution >= 0.6 is 0 Å². The molecular formula is C21H32N4O2. The van der Waals surface area contributed by atoms with Crippen molar-refractivity contribution in [2.75, 3.05) is 26.2 Å². The van der Waals surface area contributed by atoms with Crippen LogP contribution in [0.3, 0.4) is 0 Å².